The van der Waals surface area contributed by atoms with Crippen LogP contribution in [0.3, 0.4) is 0 Å². The fraction of sp³-hybridized carbons (Fsp3) is 0.300. The van der Waals surface area contributed by atoms with E-state index in [-0.39, 0.29) is 36.7 Å². The maximum absolute atomic E-state index is 12.3. The van der Waals surface area contributed by atoms with Gasteiger partial charge in [0.05, 0.1) is 19.1 Å². The molecule has 0 fully saturated rings. The molecule has 2 rings (SSSR count). The Morgan fingerprint density at radius 3 is 2.11 bits per heavy atom. The number of likely N-dealkylation sites (N-methyl/N-ethyl adjacent to an activating group) is 1. The van der Waals surface area contributed by atoms with E-state index in [1.165, 1.54) is 12.1 Å². The molecule has 0 aliphatic carbocycles. The van der Waals surface area contributed by atoms with Crippen molar-refractivity contribution in [2.75, 3.05) is 19.6 Å². The van der Waals surface area contributed by atoms with Crippen LogP contribution in [-0.2, 0) is 9.59 Å². The van der Waals surface area contributed by atoms with Gasteiger partial charge in [0.2, 0.25) is 11.8 Å². The third-order valence-corrected chi connectivity index (χ3v) is 3.86. The Bertz CT molecular complexity index is 755. The third-order valence-electron chi connectivity index (χ3n) is 3.86. The van der Waals surface area contributed by atoms with Gasteiger partial charge in [-0.1, -0.05) is 42.5 Å². The maximum Gasteiger partial charge on any atom is 0.387 e. The van der Waals surface area contributed by atoms with Crippen molar-refractivity contribution in [3.05, 3.63) is 65.7 Å². The van der Waals surface area contributed by atoms with Gasteiger partial charge in [-0.05, 0) is 30.2 Å². The molecule has 2 aromatic carbocycles. The van der Waals surface area contributed by atoms with Crippen molar-refractivity contribution in [3.8, 4) is 5.75 Å². The smallest absolute Gasteiger partial charge is 0.387 e. The van der Waals surface area contributed by atoms with E-state index in [2.05, 4.69) is 20.7 Å². The average Bonchev–Trinajstić information content (AvgIpc) is 2.68. The van der Waals surface area contributed by atoms with Crippen LogP contribution in [0.25, 0.3) is 0 Å². The lowest BCUT2D eigenvalue weighted by molar-refractivity contribution is -0.125. The van der Waals surface area contributed by atoms with Gasteiger partial charge >= 0.3 is 6.61 Å². The second-order valence-corrected chi connectivity index (χ2v) is 5.90. The summed E-state index contributed by atoms with van der Waals surface area (Å²) in [6.45, 7) is -0.710. The molecule has 150 valence electrons. The van der Waals surface area contributed by atoms with E-state index >= 15 is 0 Å². The second kappa shape index (κ2) is 11.0. The van der Waals surface area contributed by atoms with Crippen molar-refractivity contribution < 1.29 is 23.1 Å². The zero-order chi connectivity index (χ0) is 20.4. The molecule has 8 heteroatoms. The molecule has 2 aromatic rings. The zero-order valence-electron chi connectivity index (χ0n) is 15.5. The molecular formula is C20H23F2N3O3. The van der Waals surface area contributed by atoms with E-state index in [4.69, 9.17) is 0 Å². The Morgan fingerprint density at radius 2 is 1.50 bits per heavy atom. The van der Waals surface area contributed by atoms with Gasteiger partial charge in [-0.3, -0.25) is 14.9 Å². The molecule has 0 unspecified atom stereocenters. The highest BCUT2D eigenvalue weighted by Gasteiger charge is 2.16. The summed E-state index contributed by atoms with van der Waals surface area (Å²) in [6.07, 6.45) is 0. The van der Waals surface area contributed by atoms with Gasteiger partial charge in [-0.2, -0.15) is 8.78 Å². The number of carbonyl (C=O) groups excluding carboxylic acids is 2. The molecule has 1 atom stereocenters. The van der Waals surface area contributed by atoms with Crippen LogP contribution >= 0.6 is 0 Å². The molecule has 6 nitrogen and oxygen atoms in total. The van der Waals surface area contributed by atoms with Crippen LogP contribution < -0.4 is 20.7 Å². The zero-order valence-corrected chi connectivity index (χ0v) is 15.5. The highest BCUT2D eigenvalue weighted by Crippen LogP contribution is 2.24. The molecule has 2 amide bonds. The molecule has 0 spiro atoms. The first-order valence-corrected chi connectivity index (χ1v) is 8.86. The number of amides is 2. The van der Waals surface area contributed by atoms with Crippen LogP contribution in [0.2, 0.25) is 0 Å². The average molecular weight is 391 g/mol. The summed E-state index contributed by atoms with van der Waals surface area (Å²) in [5, 5.41) is 8.27. The Morgan fingerprint density at radius 1 is 0.893 bits per heavy atom. The van der Waals surface area contributed by atoms with Crippen LogP contribution in [0.15, 0.2) is 54.6 Å². The molecular weight excluding hydrogens is 368 g/mol. The lowest BCUT2D eigenvalue weighted by Gasteiger charge is -2.20. The fourth-order valence-corrected chi connectivity index (χ4v) is 2.61. The summed E-state index contributed by atoms with van der Waals surface area (Å²) < 4.78 is 29.0. The number of hydrogen-bond donors (Lipinski definition) is 3. The summed E-state index contributed by atoms with van der Waals surface area (Å²) in [5.41, 5.74) is 1.69. The Hall–Kier alpha value is -3.00. The van der Waals surface area contributed by atoms with Crippen LogP contribution in [0.4, 0.5) is 8.78 Å². The summed E-state index contributed by atoms with van der Waals surface area (Å²) in [4.78, 5) is 23.5. The Labute approximate surface area is 162 Å². The number of nitrogens with one attached hydrogen (secondary N) is 3. The summed E-state index contributed by atoms with van der Waals surface area (Å²) >= 11 is 0. The highest BCUT2D eigenvalue weighted by atomic mass is 19.3. The molecule has 0 saturated carbocycles. The Balaban J connectivity index is 2.04. The number of ether oxygens (including phenoxy) is 1. The normalized spacial score (nSPS) is 11.7. The molecule has 0 bridgehead atoms. The predicted octanol–water partition coefficient (Wildman–Crippen LogP) is 2.22. The maximum atomic E-state index is 12.3. The van der Waals surface area contributed by atoms with E-state index in [0.29, 0.717) is 6.54 Å². The molecule has 0 radical (unpaired) electrons. The van der Waals surface area contributed by atoms with Crippen LogP contribution in [0.1, 0.15) is 24.1 Å². The summed E-state index contributed by atoms with van der Waals surface area (Å²) in [5.74, 6) is -0.528. The fourth-order valence-electron chi connectivity index (χ4n) is 2.61. The minimum absolute atomic E-state index is 0.0196. The topological polar surface area (TPSA) is 79.5 Å². The number of halogens is 2. The number of carbonyl (C=O) groups is 2. The van der Waals surface area contributed by atoms with Crippen molar-refractivity contribution in [1.29, 1.82) is 0 Å². The molecule has 3 N–H and O–H groups in total. The molecule has 0 aliphatic heterocycles. The van der Waals surface area contributed by atoms with Gasteiger partial charge in [0, 0.05) is 6.54 Å². The van der Waals surface area contributed by atoms with Crippen LogP contribution in [0, 0.1) is 0 Å². The summed E-state index contributed by atoms with van der Waals surface area (Å²) in [7, 11) is 0. The third kappa shape index (κ3) is 6.96. The van der Waals surface area contributed by atoms with E-state index in [9.17, 15) is 18.4 Å². The second-order valence-electron chi connectivity index (χ2n) is 5.90. The van der Waals surface area contributed by atoms with Gasteiger partial charge in [0.25, 0.3) is 0 Å². The number of hydrogen-bond acceptors (Lipinski definition) is 4. The van der Waals surface area contributed by atoms with Crippen molar-refractivity contribution in [1.82, 2.24) is 16.0 Å². The minimum Gasteiger partial charge on any atom is -0.435 e. The van der Waals surface area contributed by atoms with E-state index in [1.807, 2.05) is 30.3 Å². The predicted molar refractivity (Wildman–Crippen MR) is 101 cm³/mol. The molecule has 28 heavy (non-hydrogen) atoms. The van der Waals surface area contributed by atoms with Gasteiger partial charge in [0.1, 0.15) is 5.75 Å². The number of rotatable bonds is 10. The first-order valence-electron chi connectivity index (χ1n) is 8.86. The van der Waals surface area contributed by atoms with Crippen molar-refractivity contribution in [3.63, 3.8) is 0 Å². The van der Waals surface area contributed by atoms with Crippen LogP contribution in [-0.4, -0.2) is 38.1 Å². The number of benzene rings is 2. The molecule has 0 aliphatic rings. The van der Waals surface area contributed by atoms with Crippen LogP contribution in [0.5, 0.6) is 5.75 Å². The van der Waals surface area contributed by atoms with Gasteiger partial charge in [0.15, 0.2) is 0 Å². The minimum atomic E-state index is -2.89. The molecule has 0 heterocycles. The first-order chi connectivity index (χ1) is 13.5. The lowest BCUT2D eigenvalue weighted by Crippen LogP contribution is -2.41. The first kappa shape index (κ1) is 21.3. The SMILES string of the molecule is CCNC(=O)CNC(=O)CN[C@@H](c1ccccc1)c1ccc(OC(F)F)cc1. The van der Waals surface area contributed by atoms with Gasteiger partial charge in [-0.15, -0.1) is 0 Å². The van der Waals surface area contributed by atoms with Gasteiger partial charge in [-0.25, -0.2) is 0 Å². The van der Waals surface area contributed by atoms with E-state index in [1.54, 1.807) is 19.1 Å². The molecule has 0 saturated heterocycles. The number of alkyl halides is 2. The highest BCUT2D eigenvalue weighted by molar-refractivity contribution is 5.85. The van der Waals surface area contributed by atoms with E-state index < -0.39 is 6.61 Å². The standard InChI is InChI=1S/C20H23F2N3O3/c1-2-23-17(26)12-24-18(27)13-25-19(14-6-4-3-5-7-14)15-8-10-16(11-9-15)28-20(21)22/h3-11,19-20,25H,2,12-13H2,1H3,(H,23,26)(H,24,27)/t19-/m0/s1. The van der Waals surface area contributed by atoms with Crippen molar-refractivity contribution >= 4 is 11.8 Å². The lowest BCUT2D eigenvalue weighted by atomic mass is 9.98. The quantitative estimate of drug-likeness (QED) is 0.580. The Kier molecular flexibility index (Phi) is 8.36. The monoisotopic (exact) mass is 391 g/mol. The van der Waals surface area contributed by atoms with Crippen molar-refractivity contribution in [2.45, 2.75) is 19.6 Å². The summed E-state index contributed by atoms with van der Waals surface area (Å²) in [6, 6.07) is 15.3. The van der Waals surface area contributed by atoms with Gasteiger partial charge < -0.3 is 15.4 Å². The largest absolute Gasteiger partial charge is 0.435 e. The van der Waals surface area contributed by atoms with Crippen molar-refractivity contribution in [2.24, 2.45) is 0 Å². The molecule has 0 aromatic heterocycles. The van der Waals surface area contributed by atoms with E-state index in [0.717, 1.165) is 11.1 Å².